The molecule has 0 radical (unpaired) electrons. The first-order chi connectivity index (χ1) is 17.7. The van der Waals surface area contributed by atoms with Crippen molar-refractivity contribution in [2.24, 2.45) is 7.05 Å². The minimum absolute atomic E-state index is 0.0468. The summed E-state index contributed by atoms with van der Waals surface area (Å²) in [6, 6.07) is 13.5. The lowest BCUT2D eigenvalue weighted by atomic mass is 9.87. The summed E-state index contributed by atoms with van der Waals surface area (Å²) in [6.45, 7) is 5.82. The number of benzene rings is 2. The van der Waals surface area contributed by atoms with Gasteiger partial charge in [0.25, 0.3) is 10.0 Å². The van der Waals surface area contributed by atoms with E-state index in [-0.39, 0.29) is 39.6 Å². The minimum atomic E-state index is -4.66. The topological polar surface area (TPSA) is 106 Å². The van der Waals surface area contributed by atoms with Gasteiger partial charge in [-0.3, -0.25) is 4.31 Å². The summed E-state index contributed by atoms with van der Waals surface area (Å²) in [5.41, 5.74) is 0.992. The molecule has 3 heterocycles. The van der Waals surface area contributed by atoms with Crippen molar-refractivity contribution >= 4 is 27.2 Å². The number of aromatic nitrogens is 5. The van der Waals surface area contributed by atoms with E-state index in [1.807, 2.05) is 20.8 Å². The third kappa shape index (κ3) is 4.57. The van der Waals surface area contributed by atoms with Crippen molar-refractivity contribution in [3.05, 3.63) is 71.4 Å². The lowest BCUT2D eigenvalue weighted by molar-refractivity contribution is -0.141. The molecule has 2 aromatic carbocycles. The van der Waals surface area contributed by atoms with Gasteiger partial charge in [-0.05, 0) is 57.8 Å². The fourth-order valence-corrected chi connectivity index (χ4v) is 5.63. The number of nitrogens with one attached hydrogen (secondary N) is 1. The molecule has 0 spiro atoms. The molecule has 4 aromatic rings. The van der Waals surface area contributed by atoms with Crippen LogP contribution in [0.3, 0.4) is 0 Å². The SMILES string of the molecule is Cn1nnnc1-c1ccc2c(c1)N(S(=O)(=O)c1ccc(C(C)(C)C)cc1)Cc1ccc(C(F)(F)F)nc1N2. The van der Waals surface area contributed by atoms with E-state index in [9.17, 15) is 21.6 Å². The van der Waals surface area contributed by atoms with Crippen LogP contribution in [-0.2, 0) is 35.2 Å². The zero-order chi connectivity index (χ0) is 27.5. The monoisotopic (exact) mass is 543 g/mol. The highest BCUT2D eigenvalue weighted by Crippen LogP contribution is 2.41. The van der Waals surface area contributed by atoms with Crippen LogP contribution in [-0.4, -0.2) is 33.6 Å². The van der Waals surface area contributed by atoms with Gasteiger partial charge >= 0.3 is 6.18 Å². The third-order valence-electron chi connectivity index (χ3n) is 6.29. The molecule has 1 N–H and O–H groups in total. The van der Waals surface area contributed by atoms with Crippen molar-refractivity contribution in [3.8, 4) is 11.4 Å². The van der Waals surface area contributed by atoms with Crippen LogP contribution in [0, 0.1) is 0 Å². The van der Waals surface area contributed by atoms with Crippen LogP contribution in [0.5, 0.6) is 0 Å². The van der Waals surface area contributed by atoms with E-state index < -0.39 is 21.9 Å². The number of nitrogens with zero attached hydrogens (tertiary/aromatic N) is 6. The summed E-state index contributed by atoms with van der Waals surface area (Å²) in [6.07, 6.45) is -4.66. The number of fused-ring (bicyclic) bond motifs is 2. The Morgan fingerprint density at radius 1 is 0.974 bits per heavy atom. The molecule has 0 amide bonds. The Morgan fingerprint density at radius 2 is 1.68 bits per heavy atom. The van der Waals surface area contributed by atoms with Crippen LogP contribution in [0.2, 0.25) is 0 Å². The Bertz CT molecular complexity index is 1630. The van der Waals surface area contributed by atoms with Gasteiger partial charge in [0.2, 0.25) is 0 Å². The van der Waals surface area contributed by atoms with E-state index in [0.717, 1.165) is 15.9 Å². The minimum Gasteiger partial charge on any atom is -0.338 e. The van der Waals surface area contributed by atoms with E-state index in [0.29, 0.717) is 11.4 Å². The fraction of sp³-hybridized carbons (Fsp3) is 0.280. The molecule has 0 saturated heterocycles. The number of alkyl halides is 3. The van der Waals surface area contributed by atoms with Gasteiger partial charge in [-0.1, -0.05) is 39.0 Å². The summed E-state index contributed by atoms with van der Waals surface area (Å²) in [5.74, 6) is 0.314. The zero-order valence-electron chi connectivity index (χ0n) is 20.9. The van der Waals surface area contributed by atoms with Crippen LogP contribution < -0.4 is 9.62 Å². The highest BCUT2D eigenvalue weighted by molar-refractivity contribution is 7.92. The van der Waals surface area contributed by atoms with E-state index in [2.05, 4.69) is 25.8 Å². The average molecular weight is 544 g/mol. The highest BCUT2D eigenvalue weighted by Gasteiger charge is 2.36. The molecule has 0 atom stereocenters. The van der Waals surface area contributed by atoms with Gasteiger partial charge in [0.15, 0.2) is 5.82 Å². The molecule has 198 valence electrons. The van der Waals surface area contributed by atoms with Crippen LogP contribution >= 0.6 is 0 Å². The number of rotatable bonds is 3. The summed E-state index contributed by atoms with van der Waals surface area (Å²) < 4.78 is 70.8. The van der Waals surface area contributed by atoms with Gasteiger partial charge in [0, 0.05) is 18.2 Å². The Balaban J connectivity index is 1.68. The molecule has 1 aliphatic heterocycles. The summed E-state index contributed by atoms with van der Waals surface area (Å²) in [7, 11) is -2.51. The number of sulfonamides is 1. The van der Waals surface area contributed by atoms with Gasteiger partial charge in [0.05, 0.1) is 22.8 Å². The van der Waals surface area contributed by atoms with Gasteiger partial charge in [0.1, 0.15) is 11.5 Å². The lowest BCUT2D eigenvalue weighted by Gasteiger charge is -2.25. The van der Waals surface area contributed by atoms with Crippen LogP contribution in [0.25, 0.3) is 11.4 Å². The van der Waals surface area contributed by atoms with Crippen LogP contribution in [0.1, 0.15) is 37.6 Å². The molecule has 0 saturated carbocycles. The van der Waals surface area contributed by atoms with Crippen LogP contribution in [0.15, 0.2) is 59.5 Å². The largest absolute Gasteiger partial charge is 0.433 e. The first-order valence-electron chi connectivity index (χ1n) is 11.6. The average Bonchev–Trinajstić information content (AvgIpc) is 3.20. The second kappa shape index (κ2) is 8.79. The number of hydrogen-bond acceptors (Lipinski definition) is 7. The Hall–Kier alpha value is -4.00. The summed E-state index contributed by atoms with van der Waals surface area (Å²) in [5, 5.41) is 14.4. The van der Waals surface area contributed by atoms with Crippen LogP contribution in [0.4, 0.5) is 30.4 Å². The van der Waals surface area contributed by atoms with E-state index in [1.165, 1.54) is 22.9 Å². The molecular weight excluding hydrogens is 519 g/mol. The first kappa shape index (κ1) is 25.6. The molecule has 1 aliphatic rings. The van der Waals surface area contributed by atoms with Gasteiger partial charge in [-0.2, -0.15) is 13.2 Å². The number of hydrogen-bond donors (Lipinski definition) is 1. The Labute approximate surface area is 217 Å². The molecule has 0 unspecified atom stereocenters. The quantitative estimate of drug-likeness (QED) is 0.386. The highest BCUT2D eigenvalue weighted by atomic mass is 32.2. The second-order valence-corrected chi connectivity index (χ2v) is 11.8. The lowest BCUT2D eigenvalue weighted by Crippen LogP contribution is -2.30. The van der Waals surface area contributed by atoms with E-state index >= 15 is 0 Å². The maximum atomic E-state index is 14.0. The van der Waals surface area contributed by atoms with E-state index in [4.69, 9.17) is 0 Å². The predicted octanol–water partition coefficient (Wildman–Crippen LogP) is 5.04. The molecule has 0 fully saturated rings. The van der Waals surface area contributed by atoms with Gasteiger partial charge in [-0.15, -0.1) is 5.10 Å². The maximum absolute atomic E-state index is 14.0. The zero-order valence-corrected chi connectivity index (χ0v) is 21.8. The number of pyridine rings is 1. The maximum Gasteiger partial charge on any atom is 0.433 e. The number of aryl methyl sites for hydroxylation is 1. The fourth-order valence-electron chi connectivity index (χ4n) is 4.17. The molecule has 2 aromatic heterocycles. The molecule has 5 rings (SSSR count). The predicted molar refractivity (Wildman–Crippen MR) is 135 cm³/mol. The summed E-state index contributed by atoms with van der Waals surface area (Å²) in [4.78, 5) is 3.81. The van der Waals surface area contributed by atoms with Crippen molar-refractivity contribution in [1.82, 2.24) is 25.2 Å². The van der Waals surface area contributed by atoms with Crippen molar-refractivity contribution in [3.63, 3.8) is 0 Å². The number of anilines is 3. The molecule has 13 heteroatoms. The number of halogens is 3. The smallest absolute Gasteiger partial charge is 0.338 e. The standard InChI is InChI=1S/C25H24F3N7O2S/c1-24(2,3)17-7-9-18(10-8-17)38(36,37)35-14-16-6-12-21(25(26,27)28)30-22(16)29-19-11-5-15(13-20(19)35)23-31-32-33-34(23)4/h5-13H,14H2,1-4H3,(H,29,30). The summed E-state index contributed by atoms with van der Waals surface area (Å²) >= 11 is 0. The van der Waals surface area contributed by atoms with Crippen molar-refractivity contribution in [2.45, 2.75) is 43.8 Å². The molecule has 9 nitrogen and oxygen atoms in total. The molecule has 0 bridgehead atoms. The second-order valence-electron chi connectivity index (χ2n) is 9.97. The van der Waals surface area contributed by atoms with E-state index in [1.54, 1.807) is 37.4 Å². The number of tetrazole rings is 1. The van der Waals surface area contributed by atoms with Crippen molar-refractivity contribution in [2.75, 3.05) is 9.62 Å². The van der Waals surface area contributed by atoms with Crippen molar-refractivity contribution < 1.29 is 21.6 Å². The Kier molecular flexibility index (Phi) is 5.93. The molecule has 0 aliphatic carbocycles. The van der Waals surface area contributed by atoms with Gasteiger partial charge < -0.3 is 5.32 Å². The van der Waals surface area contributed by atoms with Crippen molar-refractivity contribution in [1.29, 1.82) is 0 Å². The molecule has 38 heavy (non-hydrogen) atoms. The normalized spacial score (nSPS) is 13.9. The van der Waals surface area contributed by atoms with Gasteiger partial charge in [-0.25, -0.2) is 18.1 Å². The third-order valence-corrected chi connectivity index (χ3v) is 8.06. The Morgan fingerprint density at radius 3 is 2.29 bits per heavy atom. The first-order valence-corrected chi connectivity index (χ1v) is 13.0. The molecular formula is C25H24F3N7O2S.